The Kier molecular flexibility index (Phi) is 7.63. The number of hydrogen-bond donors (Lipinski definition) is 2. The number of carbonyl (C=O) groups is 1. The van der Waals surface area contributed by atoms with Crippen molar-refractivity contribution in [2.45, 2.75) is 58.1 Å². The van der Waals surface area contributed by atoms with E-state index in [2.05, 4.69) is 31.1 Å². The van der Waals surface area contributed by atoms with Crippen LogP contribution in [0.15, 0.2) is 0 Å². The number of rotatable bonds is 8. The highest BCUT2D eigenvalue weighted by molar-refractivity contribution is 5.72. The molecule has 0 radical (unpaired) electrons. The minimum Gasteiger partial charge on any atom is -0.466 e. The average molecular weight is 300 g/mol. The zero-order valence-corrected chi connectivity index (χ0v) is 14.0. The van der Waals surface area contributed by atoms with Crippen molar-refractivity contribution >= 4 is 5.97 Å². The smallest absolute Gasteiger partial charge is 0.308 e. The second-order valence-electron chi connectivity index (χ2n) is 6.50. The summed E-state index contributed by atoms with van der Waals surface area (Å²) in [4.78, 5) is 14.0. The second kappa shape index (κ2) is 8.71. The van der Waals surface area contributed by atoms with Crippen LogP contribution in [0.3, 0.4) is 0 Å². The highest BCUT2D eigenvalue weighted by Crippen LogP contribution is 2.32. The van der Waals surface area contributed by atoms with Crippen molar-refractivity contribution in [2.24, 2.45) is 5.92 Å². The van der Waals surface area contributed by atoms with E-state index in [9.17, 15) is 9.90 Å². The highest BCUT2D eigenvalue weighted by Gasteiger charge is 2.35. The van der Waals surface area contributed by atoms with Gasteiger partial charge in [0.25, 0.3) is 0 Å². The lowest BCUT2D eigenvalue weighted by atomic mass is 9.79. The van der Waals surface area contributed by atoms with Crippen LogP contribution >= 0.6 is 0 Å². The topological polar surface area (TPSA) is 61.8 Å². The second-order valence-corrected chi connectivity index (χ2v) is 6.50. The van der Waals surface area contributed by atoms with Crippen LogP contribution in [0.2, 0.25) is 0 Å². The molecular formula is C16H32N2O3. The van der Waals surface area contributed by atoms with Gasteiger partial charge in [-0.2, -0.15) is 0 Å². The molecule has 0 spiro atoms. The molecule has 0 aromatic heterocycles. The molecule has 0 amide bonds. The first kappa shape index (κ1) is 18.4. The summed E-state index contributed by atoms with van der Waals surface area (Å²) < 4.78 is 5.06. The summed E-state index contributed by atoms with van der Waals surface area (Å²) in [5.74, 6) is -0.136. The fourth-order valence-electron chi connectivity index (χ4n) is 2.66. The van der Waals surface area contributed by atoms with Crippen molar-refractivity contribution in [1.29, 1.82) is 0 Å². The number of nitrogens with zero attached hydrogens (tertiary/aromatic N) is 1. The quantitative estimate of drug-likeness (QED) is 0.524. The van der Waals surface area contributed by atoms with Crippen LogP contribution in [0.1, 0.15) is 46.5 Å². The van der Waals surface area contributed by atoms with Gasteiger partial charge < -0.3 is 20.1 Å². The van der Waals surface area contributed by atoms with Gasteiger partial charge in [-0.25, -0.2) is 0 Å². The Hall–Kier alpha value is -0.650. The van der Waals surface area contributed by atoms with Crippen molar-refractivity contribution < 1.29 is 14.6 Å². The Labute approximate surface area is 129 Å². The molecule has 0 bridgehead atoms. The molecule has 0 saturated heterocycles. The Morgan fingerprint density at radius 2 is 2.05 bits per heavy atom. The molecule has 2 N–H and O–H groups in total. The summed E-state index contributed by atoms with van der Waals surface area (Å²) in [5, 5.41) is 13.9. The summed E-state index contributed by atoms with van der Waals surface area (Å²) >= 11 is 0. The van der Waals surface area contributed by atoms with E-state index in [1.807, 2.05) is 6.92 Å². The molecule has 5 nitrogen and oxygen atoms in total. The Balaban J connectivity index is 2.23. The predicted octanol–water partition coefficient (Wildman–Crippen LogP) is 1.40. The zero-order chi connectivity index (χ0) is 15.9. The van der Waals surface area contributed by atoms with Crippen molar-refractivity contribution in [2.75, 3.05) is 33.3 Å². The number of carbonyl (C=O) groups excluding carboxylic acids is 1. The van der Waals surface area contributed by atoms with Gasteiger partial charge in [-0.15, -0.1) is 0 Å². The highest BCUT2D eigenvalue weighted by atomic mass is 16.5. The standard InChI is InChI=1S/C16H32N2O3/c1-5-21-15(19)14-6-8-16(20,9-7-14)12-17-10-11-18(4)13(2)3/h13-14,17,20H,5-12H2,1-4H3. The summed E-state index contributed by atoms with van der Waals surface area (Å²) in [6.45, 7) is 9.06. The van der Waals surface area contributed by atoms with Crippen LogP contribution in [0, 0.1) is 5.92 Å². The predicted molar refractivity (Wildman–Crippen MR) is 84.2 cm³/mol. The van der Waals surface area contributed by atoms with E-state index < -0.39 is 5.60 Å². The van der Waals surface area contributed by atoms with E-state index in [4.69, 9.17) is 4.74 Å². The maximum Gasteiger partial charge on any atom is 0.308 e. The van der Waals surface area contributed by atoms with Gasteiger partial charge in [0.1, 0.15) is 0 Å². The van der Waals surface area contributed by atoms with Crippen LogP contribution in [0.5, 0.6) is 0 Å². The number of ether oxygens (including phenoxy) is 1. The van der Waals surface area contributed by atoms with E-state index in [1.54, 1.807) is 0 Å². The molecule has 124 valence electrons. The van der Waals surface area contributed by atoms with Gasteiger partial charge in [-0.3, -0.25) is 4.79 Å². The molecule has 0 aliphatic heterocycles. The maximum absolute atomic E-state index is 11.7. The molecule has 0 aromatic rings. The van der Waals surface area contributed by atoms with Crippen LogP contribution in [-0.4, -0.2) is 60.9 Å². The normalized spacial score (nSPS) is 26.3. The van der Waals surface area contributed by atoms with Crippen LogP contribution in [0.4, 0.5) is 0 Å². The molecular weight excluding hydrogens is 268 g/mol. The molecule has 0 heterocycles. The molecule has 1 saturated carbocycles. The molecule has 0 unspecified atom stereocenters. The molecule has 0 aromatic carbocycles. The number of esters is 1. The lowest BCUT2D eigenvalue weighted by Crippen LogP contribution is -2.46. The van der Waals surface area contributed by atoms with Crippen LogP contribution < -0.4 is 5.32 Å². The summed E-state index contributed by atoms with van der Waals surface area (Å²) in [5.41, 5.74) is -0.667. The number of nitrogens with one attached hydrogen (secondary N) is 1. The van der Waals surface area contributed by atoms with Gasteiger partial charge in [0.05, 0.1) is 18.1 Å². The Morgan fingerprint density at radius 1 is 1.43 bits per heavy atom. The van der Waals surface area contributed by atoms with E-state index >= 15 is 0 Å². The fraction of sp³-hybridized carbons (Fsp3) is 0.938. The number of aliphatic hydroxyl groups is 1. The monoisotopic (exact) mass is 300 g/mol. The summed E-state index contributed by atoms with van der Waals surface area (Å²) in [6, 6.07) is 0.537. The Bertz CT molecular complexity index is 313. The van der Waals surface area contributed by atoms with E-state index in [0.29, 0.717) is 32.0 Å². The van der Waals surface area contributed by atoms with E-state index in [1.165, 1.54) is 0 Å². The van der Waals surface area contributed by atoms with Gasteiger partial charge in [0.15, 0.2) is 0 Å². The van der Waals surface area contributed by atoms with Crippen LogP contribution in [0.25, 0.3) is 0 Å². The molecule has 5 heteroatoms. The van der Waals surface area contributed by atoms with Crippen molar-refractivity contribution in [1.82, 2.24) is 10.2 Å². The largest absolute Gasteiger partial charge is 0.466 e. The van der Waals surface area contributed by atoms with Crippen LogP contribution in [-0.2, 0) is 9.53 Å². The first-order valence-electron chi connectivity index (χ1n) is 8.18. The van der Waals surface area contributed by atoms with Gasteiger partial charge in [0.2, 0.25) is 0 Å². The molecule has 1 rings (SSSR count). The fourth-order valence-corrected chi connectivity index (χ4v) is 2.66. The first-order chi connectivity index (χ1) is 9.88. The SMILES string of the molecule is CCOC(=O)C1CCC(O)(CNCCN(C)C(C)C)CC1. The maximum atomic E-state index is 11.7. The zero-order valence-electron chi connectivity index (χ0n) is 14.0. The third-order valence-electron chi connectivity index (χ3n) is 4.51. The minimum atomic E-state index is -0.667. The van der Waals surface area contributed by atoms with Gasteiger partial charge >= 0.3 is 5.97 Å². The van der Waals surface area contributed by atoms with Gasteiger partial charge in [-0.1, -0.05) is 0 Å². The third kappa shape index (κ3) is 6.32. The lowest BCUT2D eigenvalue weighted by molar-refractivity contribution is -0.151. The molecule has 1 aliphatic rings. The average Bonchev–Trinajstić information content (AvgIpc) is 2.44. The lowest BCUT2D eigenvalue weighted by Gasteiger charge is -2.35. The summed E-state index contributed by atoms with van der Waals surface area (Å²) in [7, 11) is 2.10. The number of likely N-dealkylation sites (N-methyl/N-ethyl adjacent to an activating group) is 1. The molecule has 1 aliphatic carbocycles. The first-order valence-corrected chi connectivity index (χ1v) is 8.18. The Morgan fingerprint density at radius 3 is 2.57 bits per heavy atom. The van der Waals surface area contributed by atoms with E-state index in [0.717, 1.165) is 25.9 Å². The van der Waals surface area contributed by atoms with Crippen molar-refractivity contribution in [3.63, 3.8) is 0 Å². The minimum absolute atomic E-state index is 0.0303. The molecule has 21 heavy (non-hydrogen) atoms. The third-order valence-corrected chi connectivity index (χ3v) is 4.51. The molecule has 1 fully saturated rings. The van der Waals surface area contributed by atoms with Crippen molar-refractivity contribution in [3.8, 4) is 0 Å². The van der Waals surface area contributed by atoms with Crippen molar-refractivity contribution in [3.05, 3.63) is 0 Å². The molecule has 0 atom stereocenters. The van der Waals surface area contributed by atoms with Gasteiger partial charge in [0, 0.05) is 25.7 Å². The van der Waals surface area contributed by atoms with Gasteiger partial charge in [-0.05, 0) is 53.5 Å². The number of hydrogen-bond acceptors (Lipinski definition) is 5. The summed E-state index contributed by atoms with van der Waals surface area (Å²) in [6.07, 6.45) is 2.79. The van der Waals surface area contributed by atoms with E-state index in [-0.39, 0.29) is 11.9 Å².